The number of benzene rings is 2. The Bertz CT molecular complexity index is 759. The van der Waals surface area contributed by atoms with Gasteiger partial charge in [0.15, 0.2) is 6.61 Å². The van der Waals surface area contributed by atoms with Crippen molar-refractivity contribution in [3.63, 3.8) is 0 Å². The number of anilines is 1. The van der Waals surface area contributed by atoms with Crippen LogP contribution in [0.3, 0.4) is 0 Å². The Morgan fingerprint density at radius 2 is 1.61 bits per heavy atom. The average molecular weight is 383 g/mol. The second-order valence-corrected chi connectivity index (χ2v) is 7.40. The van der Waals surface area contributed by atoms with E-state index >= 15 is 0 Å². The summed E-state index contributed by atoms with van der Waals surface area (Å²) in [6.07, 6.45) is 3.18. The van der Waals surface area contributed by atoms with Gasteiger partial charge in [0.25, 0.3) is 11.8 Å². The predicted molar refractivity (Wildman–Crippen MR) is 113 cm³/mol. The zero-order valence-electron chi connectivity index (χ0n) is 16.9. The highest BCUT2D eigenvalue weighted by Crippen LogP contribution is 2.19. The first-order valence-electron chi connectivity index (χ1n) is 9.83. The van der Waals surface area contributed by atoms with Crippen molar-refractivity contribution < 1.29 is 14.3 Å². The number of rotatable bonds is 10. The molecule has 0 heterocycles. The summed E-state index contributed by atoms with van der Waals surface area (Å²) in [6.45, 7) is 6.27. The SMILES string of the molecule is CC(C)CCCC(C)NC(=O)COc1ccccc1C(=O)Nc1ccccc1. The van der Waals surface area contributed by atoms with E-state index in [0.29, 0.717) is 22.9 Å². The number of carbonyl (C=O) groups is 2. The maximum absolute atomic E-state index is 12.5. The monoisotopic (exact) mass is 382 g/mol. The smallest absolute Gasteiger partial charge is 0.259 e. The number of nitrogens with one attached hydrogen (secondary N) is 2. The second-order valence-electron chi connectivity index (χ2n) is 7.40. The molecule has 0 bridgehead atoms. The summed E-state index contributed by atoms with van der Waals surface area (Å²) < 4.78 is 5.63. The number of amides is 2. The van der Waals surface area contributed by atoms with Crippen molar-refractivity contribution in [2.45, 2.75) is 46.1 Å². The molecule has 1 unspecified atom stereocenters. The van der Waals surface area contributed by atoms with Gasteiger partial charge in [-0.3, -0.25) is 9.59 Å². The van der Waals surface area contributed by atoms with E-state index in [4.69, 9.17) is 4.74 Å². The molecule has 5 heteroatoms. The number of carbonyl (C=O) groups excluding carboxylic acids is 2. The van der Waals surface area contributed by atoms with Crippen LogP contribution in [0.25, 0.3) is 0 Å². The van der Waals surface area contributed by atoms with Crippen molar-refractivity contribution in [3.8, 4) is 5.75 Å². The zero-order valence-corrected chi connectivity index (χ0v) is 16.9. The minimum atomic E-state index is -0.274. The largest absolute Gasteiger partial charge is 0.483 e. The van der Waals surface area contributed by atoms with Gasteiger partial charge in [-0.1, -0.05) is 57.0 Å². The first-order chi connectivity index (χ1) is 13.5. The number of hydrogen-bond acceptors (Lipinski definition) is 3. The molecule has 0 fully saturated rings. The van der Waals surface area contributed by atoms with Crippen LogP contribution in [0.2, 0.25) is 0 Å². The van der Waals surface area contributed by atoms with Gasteiger partial charge in [-0.15, -0.1) is 0 Å². The van der Waals surface area contributed by atoms with Crippen LogP contribution in [0, 0.1) is 5.92 Å². The maximum Gasteiger partial charge on any atom is 0.259 e. The Kier molecular flexibility index (Phi) is 8.53. The molecule has 2 aromatic rings. The van der Waals surface area contributed by atoms with Crippen LogP contribution in [-0.2, 0) is 4.79 Å². The summed E-state index contributed by atoms with van der Waals surface area (Å²) in [5, 5.41) is 5.78. The normalized spacial score (nSPS) is 11.7. The lowest BCUT2D eigenvalue weighted by Crippen LogP contribution is -2.36. The van der Waals surface area contributed by atoms with Crippen LogP contribution in [0.15, 0.2) is 54.6 Å². The Labute approximate surface area is 167 Å². The highest BCUT2D eigenvalue weighted by Gasteiger charge is 2.14. The molecule has 1 atom stereocenters. The van der Waals surface area contributed by atoms with Gasteiger partial charge in [-0.25, -0.2) is 0 Å². The molecule has 5 nitrogen and oxygen atoms in total. The topological polar surface area (TPSA) is 67.4 Å². The highest BCUT2D eigenvalue weighted by molar-refractivity contribution is 6.06. The molecule has 0 aliphatic rings. The summed E-state index contributed by atoms with van der Waals surface area (Å²) in [4.78, 5) is 24.7. The fourth-order valence-corrected chi connectivity index (χ4v) is 2.86. The molecule has 0 aliphatic heterocycles. The summed E-state index contributed by atoms with van der Waals surface area (Å²) in [6, 6.07) is 16.2. The van der Waals surface area contributed by atoms with Gasteiger partial charge in [0, 0.05) is 11.7 Å². The molecule has 0 aliphatic carbocycles. The molecular formula is C23H30N2O3. The predicted octanol–water partition coefficient (Wildman–Crippen LogP) is 4.65. The third-order valence-corrected chi connectivity index (χ3v) is 4.35. The van der Waals surface area contributed by atoms with E-state index in [2.05, 4.69) is 24.5 Å². The van der Waals surface area contributed by atoms with Crippen molar-refractivity contribution in [3.05, 3.63) is 60.2 Å². The van der Waals surface area contributed by atoms with E-state index < -0.39 is 0 Å². The molecule has 2 rings (SSSR count). The van der Waals surface area contributed by atoms with Crippen LogP contribution in [0.4, 0.5) is 5.69 Å². The van der Waals surface area contributed by atoms with E-state index in [-0.39, 0.29) is 24.5 Å². The lowest BCUT2D eigenvalue weighted by atomic mass is 10.0. The van der Waals surface area contributed by atoms with Crippen LogP contribution in [0.5, 0.6) is 5.75 Å². The first kappa shape index (κ1) is 21.5. The fourth-order valence-electron chi connectivity index (χ4n) is 2.86. The molecule has 0 radical (unpaired) electrons. The standard InChI is InChI=1S/C23H30N2O3/c1-17(2)10-9-11-18(3)24-22(26)16-28-21-15-8-7-14-20(21)23(27)25-19-12-5-4-6-13-19/h4-8,12-15,17-18H,9-11,16H2,1-3H3,(H,24,26)(H,25,27). The Balaban J connectivity index is 1.87. The van der Waals surface area contributed by atoms with Crippen LogP contribution in [-0.4, -0.2) is 24.5 Å². The average Bonchev–Trinajstić information content (AvgIpc) is 2.67. The quantitative estimate of drug-likeness (QED) is 0.628. The van der Waals surface area contributed by atoms with Gasteiger partial charge in [0.05, 0.1) is 5.56 Å². The molecule has 2 N–H and O–H groups in total. The van der Waals surface area contributed by atoms with E-state index in [1.54, 1.807) is 24.3 Å². The highest BCUT2D eigenvalue weighted by atomic mass is 16.5. The third-order valence-electron chi connectivity index (χ3n) is 4.35. The number of hydrogen-bond donors (Lipinski definition) is 2. The first-order valence-corrected chi connectivity index (χ1v) is 9.83. The van der Waals surface area contributed by atoms with Gasteiger partial charge >= 0.3 is 0 Å². The zero-order chi connectivity index (χ0) is 20.4. The molecule has 28 heavy (non-hydrogen) atoms. The van der Waals surface area contributed by atoms with E-state index in [1.807, 2.05) is 37.3 Å². The lowest BCUT2D eigenvalue weighted by molar-refractivity contribution is -0.123. The van der Waals surface area contributed by atoms with Crippen molar-refractivity contribution in [1.82, 2.24) is 5.32 Å². The Hall–Kier alpha value is -2.82. The van der Waals surface area contributed by atoms with Gasteiger partial charge in [0.2, 0.25) is 0 Å². The molecular weight excluding hydrogens is 352 g/mol. The van der Waals surface area contributed by atoms with Gasteiger partial charge in [-0.2, -0.15) is 0 Å². The van der Waals surface area contributed by atoms with Gasteiger partial charge < -0.3 is 15.4 Å². The molecule has 0 saturated heterocycles. The summed E-state index contributed by atoms with van der Waals surface area (Å²) in [5.41, 5.74) is 1.10. The van der Waals surface area contributed by atoms with Crippen LogP contribution >= 0.6 is 0 Å². The third kappa shape index (κ3) is 7.43. The summed E-state index contributed by atoms with van der Waals surface area (Å²) in [5.74, 6) is 0.600. The minimum absolute atomic E-state index is 0.103. The van der Waals surface area contributed by atoms with Crippen LogP contribution in [0.1, 0.15) is 50.4 Å². The van der Waals surface area contributed by atoms with Crippen molar-refractivity contribution in [2.75, 3.05) is 11.9 Å². The molecule has 0 saturated carbocycles. The maximum atomic E-state index is 12.5. The van der Waals surface area contributed by atoms with E-state index in [9.17, 15) is 9.59 Å². The Morgan fingerprint density at radius 1 is 0.929 bits per heavy atom. The lowest BCUT2D eigenvalue weighted by Gasteiger charge is -2.16. The molecule has 0 spiro atoms. The fraction of sp³-hybridized carbons (Fsp3) is 0.391. The summed E-state index contributed by atoms with van der Waals surface area (Å²) >= 11 is 0. The van der Waals surface area contributed by atoms with Crippen LogP contribution < -0.4 is 15.4 Å². The van der Waals surface area contributed by atoms with Crippen molar-refractivity contribution in [2.24, 2.45) is 5.92 Å². The van der Waals surface area contributed by atoms with E-state index in [1.165, 1.54) is 0 Å². The molecule has 150 valence electrons. The summed E-state index contributed by atoms with van der Waals surface area (Å²) in [7, 11) is 0. The number of para-hydroxylation sites is 2. The van der Waals surface area contributed by atoms with Crippen molar-refractivity contribution in [1.29, 1.82) is 0 Å². The molecule has 2 amide bonds. The number of ether oxygens (including phenoxy) is 1. The van der Waals surface area contributed by atoms with Crippen molar-refractivity contribution >= 4 is 17.5 Å². The molecule has 0 aromatic heterocycles. The minimum Gasteiger partial charge on any atom is -0.483 e. The Morgan fingerprint density at radius 3 is 2.32 bits per heavy atom. The van der Waals surface area contributed by atoms with E-state index in [0.717, 1.165) is 19.3 Å². The van der Waals surface area contributed by atoms with Gasteiger partial charge in [0.1, 0.15) is 5.75 Å². The van der Waals surface area contributed by atoms with Gasteiger partial charge in [-0.05, 0) is 43.5 Å². The molecule has 2 aromatic carbocycles. The second kappa shape index (κ2) is 11.1.